The molecular formula is C17H18ClN7O4. The molecule has 0 bridgehead atoms. The Hall–Kier alpha value is -2.83. The molecule has 12 heteroatoms. The van der Waals surface area contributed by atoms with Crippen LogP contribution in [0.25, 0.3) is 11.2 Å². The van der Waals surface area contributed by atoms with Crippen LogP contribution in [0, 0.1) is 0 Å². The van der Waals surface area contributed by atoms with Crippen LogP contribution in [0.1, 0.15) is 11.8 Å². The van der Waals surface area contributed by atoms with Crippen molar-refractivity contribution in [2.75, 3.05) is 17.8 Å². The first-order valence-electron chi connectivity index (χ1n) is 8.65. The van der Waals surface area contributed by atoms with Gasteiger partial charge in [-0.05, 0) is 17.7 Å². The number of fused-ring (bicyclic) bond motifs is 1. The van der Waals surface area contributed by atoms with E-state index in [1.807, 2.05) is 0 Å². The number of nitrogen functional groups attached to an aromatic ring is 1. The van der Waals surface area contributed by atoms with E-state index in [2.05, 4.69) is 25.5 Å². The van der Waals surface area contributed by atoms with E-state index in [0.29, 0.717) is 5.02 Å². The number of aliphatic hydroxyl groups is 3. The Morgan fingerprint density at radius 1 is 1.24 bits per heavy atom. The van der Waals surface area contributed by atoms with E-state index in [9.17, 15) is 15.3 Å². The first-order valence-corrected chi connectivity index (χ1v) is 9.03. The lowest BCUT2D eigenvalue weighted by Crippen LogP contribution is -2.33. The Morgan fingerprint density at radius 2 is 2.00 bits per heavy atom. The van der Waals surface area contributed by atoms with Crippen LogP contribution in [0.3, 0.4) is 0 Å². The maximum Gasteiger partial charge on any atom is 0.228 e. The first kappa shape index (κ1) is 19.5. The SMILES string of the molecule is Nc1ncnc2c1nc(NN=Cc1ccc(Cl)cc1)n2[C@@H]1O[C@@H](CO)[C@@H](O)[C@@H]1O. The number of rotatable bonds is 5. The van der Waals surface area contributed by atoms with Gasteiger partial charge >= 0.3 is 0 Å². The predicted octanol–water partition coefficient (Wildman–Crippen LogP) is 0.119. The fourth-order valence-electron chi connectivity index (χ4n) is 3.05. The van der Waals surface area contributed by atoms with Crippen LogP contribution in [-0.2, 0) is 4.74 Å². The molecule has 29 heavy (non-hydrogen) atoms. The van der Waals surface area contributed by atoms with Crippen LogP contribution in [0.5, 0.6) is 0 Å². The molecule has 4 rings (SSSR count). The highest BCUT2D eigenvalue weighted by Crippen LogP contribution is 2.35. The Balaban J connectivity index is 1.71. The van der Waals surface area contributed by atoms with Gasteiger partial charge in [0.25, 0.3) is 0 Å². The molecule has 0 aliphatic carbocycles. The molecule has 0 spiro atoms. The zero-order valence-electron chi connectivity index (χ0n) is 14.9. The van der Waals surface area contributed by atoms with Crippen molar-refractivity contribution in [2.45, 2.75) is 24.5 Å². The highest BCUT2D eigenvalue weighted by Gasteiger charge is 2.45. The van der Waals surface area contributed by atoms with Crippen LogP contribution >= 0.6 is 11.6 Å². The third-order valence-corrected chi connectivity index (χ3v) is 4.78. The van der Waals surface area contributed by atoms with Crippen LogP contribution in [0.4, 0.5) is 11.8 Å². The molecule has 1 aliphatic rings. The molecule has 6 N–H and O–H groups in total. The van der Waals surface area contributed by atoms with Crippen molar-refractivity contribution in [2.24, 2.45) is 5.10 Å². The number of nitrogens with two attached hydrogens (primary N) is 1. The maximum atomic E-state index is 10.4. The minimum atomic E-state index is -1.33. The van der Waals surface area contributed by atoms with Crippen LogP contribution in [0.2, 0.25) is 5.02 Å². The number of halogens is 1. The van der Waals surface area contributed by atoms with Gasteiger partial charge in [0.05, 0.1) is 12.8 Å². The number of ether oxygens (including phenoxy) is 1. The van der Waals surface area contributed by atoms with E-state index in [0.717, 1.165) is 5.56 Å². The molecule has 0 unspecified atom stereocenters. The number of nitrogens with zero attached hydrogens (tertiary/aromatic N) is 5. The molecule has 0 radical (unpaired) electrons. The van der Waals surface area contributed by atoms with Crippen LogP contribution < -0.4 is 11.2 Å². The van der Waals surface area contributed by atoms with Crippen molar-refractivity contribution >= 4 is 40.7 Å². The van der Waals surface area contributed by atoms with E-state index < -0.39 is 31.1 Å². The topological polar surface area (TPSA) is 164 Å². The summed E-state index contributed by atoms with van der Waals surface area (Å²) in [6, 6.07) is 7.03. The Bertz CT molecular complexity index is 1040. The molecule has 1 aromatic carbocycles. The van der Waals surface area contributed by atoms with E-state index >= 15 is 0 Å². The molecule has 1 saturated heterocycles. The zero-order chi connectivity index (χ0) is 20.5. The lowest BCUT2D eigenvalue weighted by atomic mass is 10.1. The fourth-order valence-corrected chi connectivity index (χ4v) is 3.18. The second kappa shape index (κ2) is 7.89. The van der Waals surface area contributed by atoms with Crippen LogP contribution in [0.15, 0.2) is 35.7 Å². The van der Waals surface area contributed by atoms with Gasteiger partial charge in [-0.1, -0.05) is 23.7 Å². The summed E-state index contributed by atoms with van der Waals surface area (Å²) in [5.41, 5.74) is 9.99. The summed E-state index contributed by atoms with van der Waals surface area (Å²) in [6.45, 7) is -0.462. The summed E-state index contributed by atoms with van der Waals surface area (Å²) in [5.74, 6) is 0.289. The molecule has 4 atom stereocenters. The summed E-state index contributed by atoms with van der Waals surface area (Å²) in [7, 11) is 0. The fraction of sp³-hybridized carbons (Fsp3) is 0.294. The van der Waals surface area contributed by atoms with Gasteiger partial charge in [-0.3, -0.25) is 4.57 Å². The van der Waals surface area contributed by atoms with Gasteiger partial charge in [0.2, 0.25) is 5.95 Å². The van der Waals surface area contributed by atoms with Gasteiger partial charge in [-0.2, -0.15) is 5.10 Å². The van der Waals surface area contributed by atoms with Gasteiger partial charge in [0, 0.05) is 5.02 Å². The molecule has 1 fully saturated rings. The second-order valence-electron chi connectivity index (χ2n) is 6.39. The lowest BCUT2D eigenvalue weighted by molar-refractivity contribution is -0.0501. The minimum Gasteiger partial charge on any atom is -0.394 e. The van der Waals surface area contributed by atoms with Crippen molar-refractivity contribution in [1.29, 1.82) is 0 Å². The number of aromatic nitrogens is 4. The van der Waals surface area contributed by atoms with Gasteiger partial charge in [0.1, 0.15) is 24.6 Å². The van der Waals surface area contributed by atoms with E-state index in [1.165, 1.54) is 10.9 Å². The minimum absolute atomic E-state index is 0.130. The Kier molecular flexibility index (Phi) is 5.30. The molecule has 11 nitrogen and oxygen atoms in total. The number of nitrogens with one attached hydrogen (secondary N) is 1. The van der Waals surface area contributed by atoms with Crippen molar-refractivity contribution in [1.82, 2.24) is 19.5 Å². The number of hydrogen-bond acceptors (Lipinski definition) is 10. The number of imidazole rings is 1. The van der Waals surface area contributed by atoms with Crippen LogP contribution in [-0.4, -0.2) is 66.0 Å². The molecule has 0 amide bonds. The quantitative estimate of drug-likeness (QED) is 0.285. The first-order chi connectivity index (χ1) is 14.0. The van der Waals surface area contributed by atoms with E-state index in [1.54, 1.807) is 30.5 Å². The molecule has 3 aromatic rings. The average molecular weight is 420 g/mol. The highest BCUT2D eigenvalue weighted by atomic mass is 35.5. The van der Waals surface area contributed by atoms with Gasteiger partial charge in [-0.15, -0.1) is 0 Å². The van der Waals surface area contributed by atoms with E-state index in [4.69, 9.17) is 22.1 Å². The van der Waals surface area contributed by atoms with Crippen molar-refractivity contribution in [3.63, 3.8) is 0 Å². The standard InChI is InChI=1S/C17H18ClN7O4/c18-9-3-1-8(2-4-9)5-22-24-17-23-11-14(19)20-7-21-15(11)25(17)16-13(28)12(27)10(6-26)29-16/h1-5,7,10,12-13,16,26-28H,6H2,(H,23,24)(H2,19,20,21)/t10-,12+,13-,16+/m0/s1. The third-order valence-electron chi connectivity index (χ3n) is 4.53. The van der Waals surface area contributed by atoms with Crippen molar-refractivity contribution in [3.05, 3.63) is 41.2 Å². The summed E-state index contributed by atoms with van der Waals surface area (Å²) in [4.78, 5) is 12.4. The summed E-state index contributed by atoms with van der Waals surface area (Å²) >= 11 is 5.87. The van der Waals surface area contributed by atoms with Gasteiger partial charge in [-0.25, -0.2) is 20.4 Å². The Labute approximate surface area is 169 Å². The van der Waals surface area contributed by atoms with E-state index in [-0.39, 0.29) is 22.9 Å². The molecule has 2 aromatic heterocycles. The predicted molar refractivity (Wildman–Crippen MR) is 105 cm³/mol. The monoisotopic (exact) mass is 419 g/mol. The van der Waals surface area contributed by atoms with Gasteiger partial charge in [0.15, 0.2) is 23.2 Å². The van der Waals surface area contributed by atoms with Gasteiger partial charge < -0.3 is 25.8 Å². The largest absolute Gasteiger partial charge is 0.394 e. The lowest BCUT2D eigenvalue weighted by Gasteiger charge is -2.18. The molecular weight excluding hydrogens is 402 g/mol. The smallest absolute Gasteiger partial charge is 0.228 e. The number of anilines is 2. The number of benzene rings is 1. The maximum absolute atomic E-state index is 10.4. The Morgan fingerprint density at radius 3 is 2.69 bits per heavy atom. The molecule has 1 aliphatic heterocycles. The summed E-state index contributed by atoms with van der Waals surface area (Å²) in [6.07, 6.45) is -1.86. The third kappa shape index (κ3) is 3.61. The molecule has 0 saturated carbocycles. The number of hydrogen-bond donors (Lipinski definition) is 5. The second-order valence-corrected chi connectivity index (χ2v) is 6.82. The summed E-state index contributed by atoms with van der Waals surface area (Å²) < 4.78 is 7.02. The summed E-state index contributed by atoms with van der Waals surface area (Å²) in [5, 5.41) is 34.6. The number of hydrazone groups is 1. The zero-order valence-corrected chi connectivity index (χ0v) is 15.7. The van der Waals surface area contributed by atoms with Crippen molar-refractivity contribution < 1.29 is 20.1 Å². The highest BCUT2D eigenvalue weighted by molar-refractivity contribution is 6.30. The molecule has 152 valence electrons. The number of aliphatic hydroxyl groups excluding tert-OH is 3. The normalized spacial score (nSPS) is 24.6. The van der Waals surface area contributed by atoms with Crippen molar-refractivity contribution in [3.8, 4) is 0 Å². The average Bonchev–Trinajstić information content (AvgIpc) is 3.22. The molecule has 3 heterocycles.